The van der Waals surface area contributed by atoms with Crippen molar-refractivity contribution in [3.05, 3.63) is 0 Å². The van der Waals surface area contributed by atoms with E-state index in [0.29, 0.717) is 0 Å². The van der Waals surface area contributed by atoms with Crippen LogP contribution in [0.3, 0.4) is 0 Å². The lowest BCUT2D eigenvalue weighted by atomic mass is 10.1. The Labute approximate surface area is 121 Å². The Morgan fingerprint density at radius 3 is 1.25 bits per heavy atom. The molecule has 0 N–H and O–H groups in total. The largest absolute Gasteiger partial charge is 0.0642 e. The van der Waals surface area contributed by atoms with Crippen LogP contribution in [0.5, 0.6) is 0 Å². The maximum absolute atomic E-state index is 3.49. The summed E-state index contributed by atoms with van der Waals surface area (Å²) in [4.78, 5) is 0. The van der Waals surface area contributed by atoms with E-state index in [9.17, 15) is 0 Å². The summed E-state index contributed by atoms with van der Waals surface area (Å²) in [6.45, 7) is 0. The zero-order chi connectivity index (χ0) is 11.6. The normalized spacial score (nSPS) is 23.6. The summed E-state index contributed by atoms with van der Waals surface area (Å²) >= 11 is 6.97. The molecule has 16 heavy (non-hydrogen) atoms. The van der Waals surface area contributed by atoms with Gasteiger partial charge in [-0.25, -0.2) is 0 Å². The molecular weight excluding hydrogens is 366 g/mol. The highest BCUT2D eigenvalue weighted by Gasteiger charge is 2.13. The van der Waals surface area contributed by atoms with Crippen molar-refractivity contribution in [1.29, 1.82) is 0 Å². The average Bonchev–Trinajstić information content (AvgIpc) is 2.92. The van der Waals surface area contributed by atoms with Gasteiger partial charge in [0.2, 0.25) is 0 Å². The van der Waals surface area contributed by atoms with Gasteiger partial charge in [-0.2, -0.15) is 0 Å². The highest BCUT2D eigenvalue weighted by molar-refractivity contribution is 9.37. The number of halogens is 2. The average molecular weight is 390 g/mol. The summed E-state index contributed by atoms with van der Waals surface area (Å²) in [6, 6.07) is 0. The zero-order valence-electron chi connectivity index (χ0n) is 9.98. The molecule has 2 aliphatic rings. The molecule has 0 aromatic carbocycles. The van der Waals surface area contributed by atoms with Crippen LogP contribution < -0.4 is 0 Å². The van der Waals surface area contributed by atoms with Crippen molar-refractivity contribution in [3.63, 3.8) is 0 Å². The fourth-order valence-electron chi connectivity index (χ4n) is 2.65. The standard InChI is InChI=1S/2C6H12BrP/c2*7-8-5-6-3-1-2-4-6/h2*6,8H,1-5H2. The Balaban J connectivity index is 0.000000160. The van der Waals surface area contributed by atoms with Gasteiger partial charge in [-0.1, -0.05) is 82.3 Å². The highest BCUT2D eigenvalue weighted by Crippen LogP contribution is 2.33. The minimum Gasteiger partial charge on any atom is -0.0642 e. The monoisotopic (exact) mass is 388 g/mol. The number of hydrogen-bond donors (Lipinski definition) is 0. The first-order chi connectivity index (χ1) is 7.86. The van der Waals surface area contributed by atoms with Crippen molar-refractivity contribution >= 4 is 45.5 Å². The predicted molar refractivity (Wildman–Crippen MR) is 88.1 cm³/mol. The first kappa shape index (κ1) is 15.9. The molecule has 0 aliphatic heterocycles. The first-order valence-corrected chi connectivity index (χ1v) is 13.5. The van der Waals surface area contributed by atoms with E-state index in [1.807, 2.05) is 0 Å². The Kier molecular flexibility index (Phi) is 10.6. The van der Waals surface area contributed by atoms with E-state index in [-0.39, 0.29) is 0 Å². The van der Waals surface area contributed by atoms with E-state index >= 15 is 0 Å². The molecule has 2 unspecified atom stereocenters. The van der Waals surface area contributed by atoms with Crippen LogP contribution in [0, 0.1) is 11.8 Å². The maximum Gasteiger partial charge on any atom is -0.0226 e. The van der Waals surface area contributed by atoms with Crippen LogP contribution in [-0.4, -0.2) is 12.3 Å². The second-order valence-corrected chi connectivity index (χ2v) is 9.69. The Morgan fingerprint density at radius 1 is 0.688 bits per heavy atom. The molecule has 0 heterocycles. The minimum atomic E-state index is 1.00. The molecule has 2 aliphatic carbocycles. The third-order valence-electron chi connectivity index (χ3n) is 3.68. The molecule has 0 radical (unpaired) electrons. The van der Waals surface area contributed by atoms with E-state index in [4.69, 9.17) is 0 Å². The SMILES string of the molecule is BrPCC1CCCC1.BrPCC1CCCC1. The van der Waals surface area contributed by atoms with E-state index in [1.165, 1.54) is 63.7 Å². The van der Waals surface area contributed by atoms with Gasteiger partial charge in [0, 0.05) is 0 Å². The lowest BCUT2D eigenvalue weighted by molar-refractivity contribution is 0.623. The molecular formula is C12H24Br2P2. The van der Waals surface area contributed by atoms with E-state index in [2.05, 4.69) is 31.0 Å². The summed E-state index contributed by atoms with van der Waals surface area (Å²) < 4.78 is 0. The summed E-state index contributed by atoms with van der Waals surface area (Å²) in [5.41, 5.74) is 0. The molecule has 0 saturated heterocycles. The summed E-state index contributed by atoms with van der Waals surface area (Å²) in [6.07, 6.45) is 14.8. The number of rotatable bonds is 4. The third kappa shape index (κ3) is 7.30. The summed E-state index contributed by atoms with van der Waals surface area (Å²) in [5, 5.41) is 0. The summed E-state index contributed by atoms with van der Waals surface area (Å²) in [7, 11) is 2.01. The first-order valence-electron chi connectivity index (χ1n) is 6.53. The van der Waals surface area contributed by atoms with Gasteiger partial charge in [0.05, 0.1) is 0 Å². The fraction of sp³-hybridized carbons (Fsp3) is 1.00. The van der Waals surface area contributed by atoms with Gasteiger partial charge < -0.3 is 0 Å². The highest BCUT2D eigenvalue weighted by atomic mass is 79.9. The molecule has 2 saturated carbocycles. The van der Waals surface area contributed by atoms with Crippen molar-refractivity contribution in [1.82, 2.24) is 0 Å². The van der Waals surface area contributed by atoms with Crippen LogP contribution in [0.2, 0.25) is 0 Å². The molecule has 0 aromatic rings. The third-order valence-corrected chi connectivity index (χ3v) is 7.09. The van der Waals surface area contributed by atoms with Crippen LogP contribution in [0.4, 0.5) is 0 Å². The van der Waals surface area contributed by atoms with Gasteiger partial charge in [0.25, 0.3) is 0 Å². The second-order valence-electron chi connectivity index (χ2n) is 4.98. The van der Waals surface area contributed by atoms with E-state index in [1.54, 1.807) is 0 Å². The second kappa shape index (κ2) is 10.7. The van der Waals surface area contributed by atoms with Crippen LogP contribution in [0.25, 0.3) is 0 Å². The molecule has 0 spiro atoms. The van der Waals surface area contributed by atoms with Gasteiger partial charge in [0.15, 0.2) is 0 Å². The van der Waals surface area contributed by atoms with Crippen molar-refractivity contribution in [2.75, 3.05) is 12.3 Å². The quantitative estimate of drug-likeness (QED) is 0.492. The summed E-state index contributed by atoms with van der Waals surface area (Å²) in [5.74, 6) is 2.15. The molecule has 0 amide bonds. The van der Waals surface area contributed by atoms with Gasteiger partial charge in [0.1, 0.15) is 0 Å². The van der Waals surface area contributed by atoms with Crippen LogP contribution in [0.15, 0.2) is 0 Å². The zero-order valence-corrected chi connectivity index (χ0v) is 15.2. The predicted octanol–water partition coefficient (Wildman–Crippen LogP) is 6.33. The molecule has 96 valence electrons. The topological polar surface area (TPSA) is 0 Å². The smallest absolute Gasteiger partial charge is 0.0226 e. The van der Waals surface area contributed by atoms with Crippen LogP contribution in [-0.2, 0) is 0 Å². The van der Waals surface area contributed by atoms with Gasteiger partial charge in [-0.05, 0) is 38.7 Å². The van der Waals surface area contributed by atoms with E-state index in [0.717, 1.165) is 26.4 Å². The molecule has 2 atom stereocenters. The lowest BCUT2D eigenvalue weighted by Crippen LogP contribution is -1.92. The number of hydrogen-bond acceptors (Lipinski definition) is 0. The van der Waals surface area contributed by atoms with Crippen LogP contribution in [0.1, 0.15) is 51.4 Å². The molecule has 0 aromatic heterocycles. The van der Waals surface area contributed by atoms with E-state index < -0.39 is 0 Å². The fourth-order valence-corrected chi connectivity index (χ4v) is 6.65. The molecule has 0 bridgehead atoms. The van der Waals surface area contributed by atoms with Gasteiger partial charge in [-0.15, -0.1) is 0 Å². The van der Waals surface area contributed by atoms with Crippen molar-refractivity contribution < 1.29 is 0 Å². The Hall–Kier alpha value is 1.82. The van der Waals surface area contributed by atoms with Gasteiger partial charge >= 0.3 is 0 Å². The maximum atomic E-state index is 3.49. The molecule has 2 fully saturated rings. The van der Waals surface area contributed by atoms with Gasteiger partial charge in [-0.3, -0.25) is 0 Å². The molecule has 4 heteroatoms. The van der Waals surface area contributed by atoms with Crippen molar-refractivity contribution in [2.45, 2.75) is 51.4 Å². The lowest BCUT2D eigenvalue weighted by Gasteiger charge is -2.02. The van der Waals surface area contributed by atoms with Crippen molar-refractivity contribution in [2.24, 2.45) is 11.8 Å². The molecule has 2 rings (SSSR count). The van der Waals surface area contributed by atoms with Crippen molar-refractivity contribution in [3.8, 4) is 0 Å². The molecule has 0 nitrogen and oxygen atoms in total. The minimum absolute atomic E-state index is 1.00. The Morgan fingerprint density at radius 2 is 1.00 bits per heavy atom. The van der Waals surface area contributed by atoms with Crippen LogP contribution >= 0.6 is 45.5 Å². The Bertz CT molecular complexity index is 137.